The van der Waals surface area contributed by atoms with Crippen molar-refractivity contribution in [1.29, 1.82) is 0 Å². The summed E-state index contributed by atoms with van der Waals surface area (Å²) in [6, 6.07) is 13.2. The second-order valence-electron chi connectivity index (χ2n) is 4.56. The summed E-state index contributed by atoms with van der Waals surface area (Å²) in [5, 5.41) is 2.83. The molecule has 3 nitrogen and oxygen atoms in total. The number of ether oxygens (including phenoxy) is 1. The summed E-state index contributed by atoms with van der Waals surface area (Å²) in [6.45, 7) is 1.98. The monoisotopic (exact) mass is 345 g/mol. The smallest absolute Gasteiger partial charge is 0.248 e. The highest BCUT2D eigenvalue weighted by atomic mass is 79.9. The highest BCUT2D eigenvalue weighted by Crippen LogP contribution is 2.20. The van der Waals surface area contributed by atoms with Crippen molar-refractivity contribution in [2.75, 3.05) is 12.4 Å². The standard InChI is InChI=1S/C17H16BrNO2/c1-12-11-14(6-9-16(12)18)19-17(20)10-5-13-3-7-15(21-2)8-4-13/h3-11H,1-2H3,(H,19,20)/b10-5+. The van der Waals surface area contributed by atoms with Crippen LogP contribution in [0.2, 0.25) is 0 Å². The molecule has 108 valence electrons. The summed E-state index contributed by atoms with van der Waals surface area (Å²) in [5.74, 6) is 0.634. The molecule has 21 heavy (non-hydrogen) atoms. The summed E-state index contributed by atoms with van der Waals surface area (Å²) >= 11 is 3.43. The van der Waals surface area contributed by atoms with Crippen LogP contribution in [0, 0.1) is 6.92 Å². The first-order valence-electron chi connectivity index (χ1n) is 6.48. The van der Waals surface area contributed by atoms with Crippen LogP contribution in [-0.4, -0.2) is 13.0 Å². The SMILES string of the molecule is COc1ccc(/C=C/C(=O)Nc2ccc(Br)c(C)c2)cc1. The minimum atomic E-state index is -0.160. The Hall–Kier alpha value is -2.07. The summed E-state index contributed by atoms with van der Waals surface area (Å²) in [6.07, 6.45) is 3.28. The van der Waals surface area contributed by atoms with E-state index >= 15 is 0 Å². The third-order valence-corrected chi connectivity index (χ3v) is 3.86. The summed E-state index contributed by atoms with van der Waals surface area (Å²) in [7, 11) is 1.62. The van der Waals surface area contributed by atoms with Crippen molar-refractivity contribution in [2.24, 2.45) is 0 Å². The van der Waals surface area contributed by atoms with Crippen molar-refractivity contribution in [2.45, 2.75) is 6.92 Å². The molecule has 2 aromatic carbocycles. The third kappa shape index (κ3) is 4.46. The predicted molar refractivity (Wildman–Crippen MR) is 89.5 cm³/mol. The lowest BCUT2D eigenvalue weighted by Gasteiger charge is -2.04. The predicted octanol–water partition coefficient (Wildman–Crippen LogP) is 4.42. The first-order valence-corrected chi connectivity index (χ1v) is 7.27. The molecule has 0 radical (unpaired) electrons. The van der Waals surface area contributed by atoms with E-state index in [9.17, 15) is 4.79 Å². The average Bonchev–Trinajstić information content (AvgIpc) is 2.49. The molecule has 0 unspecified atom stereocenters. The van der Waals surface area contributed by atoms with Crippen LogP contribution < -0.4 is 10.1 Å². The molecule has 1 amide bonds. The van der Waals surface area contributed by atoms with Gasteiger partial charge in [-0.2, -0.15) is 0 Å². The van der Waals surface area contributed by atoms with Crippen LogP contribution in [0.3, 0.4) is 0 Å². The Morgan fingerprint density at radius 2 is 1.90 bits per heavy atom. The quantitative estimate of drug-likeness (QED) is 0.833. The van der Waals surface area contributed by atoms with Crippen molar-refractivity contribution in [3.63, 3.8) is 0 Å². The molecular weight excluding hydrogens is 330 g/mol. The number of carbonyl (C=O) groups is 1. The third-order valence-electron chi connectivity index (χ3n) is 2.97. The zero-order valence-electron chi connectivity index (χ0n) is 11.9. The number of nitrogens with one attached hydrogen (secondary N) is 1. The van der Waals surface area contributed by atoms with Gasteiger partial charge in [-0.05, 0) is 54.5 Å². The van der Waals surface area contributed by atoms with E-state index in [1.54, 1.807) is 13.2 Å². The summed E-state index contributed by atoms with van der Waals surface area (Å²) in [5.41, 5.74) is 2.80. The molecule has 0 aliphatic rings. The second-order valence-corrected chi connectivity index (χ2v) is 5.41. The molecule has 2 aromatic rings. The Morgan fingerprint density at radius 3 is 2.52 bits per heavy atom. The maximum atomic E-state index is 11.9. The number of rotatable bonds is 4. The fraction of sp³-hybridized carbons (Fsp3) is 0.118. The van der Waals surface area contributed by atoms with Crippen molar-refractivity contribution >= 4 is 33.6 Å². The van der Waals surface area contributed by atoms with Crippen molar-refractivity contribution in [1.82, 2.24) is 0 Å². The Morgan fingerprint density at radius 1 is 1.19 bits per heavy atom. The van der Waals surface area contributed by atoms with E-state index < -0.39 is 0 Å². The van der Waals surface area contributed by atoms with Gasteiger partial charge in [-0.3, -0.25) is 4.79 Å². The van der Waals surface area contributed by atoms with E-state index in [1.807, 2.05) is 49.4 Å². The fourth-order valence-corrected chi connectivity index (χ4v) is 2.04. The van der Waals surface area contributed by atoms with Gasteiger partial charge in [0.2, 0.25) is 5.91 Å². The van der Waals surface area contributed by atoms with Gasteiger partial charge < -0.3 is 10.1 Å². The van der Waals surface area contributed by atoms with Gasteiger partial charge >= 0.3 is 0 Å². The Bertz CT molecular complexity index is 663. The van der Waals surface area contributed by atoms with Crippen LogP contribution in [0.15, 0.2) is 53.0 Å². The van der Waals surface area contributed by atoms with Crippen LogP contribution in [0.1, 0.15) is 11.1 Å². The Labute approximate surface area is 132 Å². The average molecular weight is 346 g/mol. The van der Waals surface area contributed by atoms with E-state index in [1.165, 1.54) is 6.08 Å². The normalized spacial score (nSPS) is 10.6. The van der Waals surface area contributed by atoms with E-state index in [4.69, 9.17) is 4.74 Å². The molecule has 0 saturated heterocycles. The molecule has 0 spiro atoms. The van der Waals surface area contributed by atoms with Gasteiger partial charge in [0.05, 0.1) is 7.11 Å². The zero-order chi connectivity index (χ0) is 15.2. The molecule has 0 atom stereocenters. The minimum Gasteiger partial charge on any atom is -0.497 e. The first kappa shape index (κ1) is 15.3. The van der Waals surface area contributed by atoms with Crippen LogP contribution >= 0.6 is 15.9 Å². The van der Waals surface area contributed by atoms with Crippen LogP contribution in [0.25, 0.3) is 6.08 Å². The summed E-state index contributed by atoms with van der Waals surface area (Å²) in [4.78, 5) is 11.9. The molecule has 4 heteroatoms. The number of hydrogen-bond donors (Lipinski definition) is 1. The van der Waals surface area contributed by atoms with Gasteiger partial charge in [0, 0.05) is 16.2 Å². The molecular formula is C17H16BrNO2. The van der Waals surface area contributed by atoms with Crippen molar-refractivity contribution in [3.05, 3.63) is 64.1 Å². The second kappa shape index (κ2) is 7.09. The maximum Gasteiger partial charge on any atom is 0.248 e. The lowest BCUT2D eigenvalue weighted by Crippen LogP contribution is -2.07. The Kier molecular flexibility index (Phi) is 5.17. The van der Waals surface area contributed by atoms with Gasteiger partial charge in [-0.1, -0.05) is 28.1 Å². The van der Waals surface area contributed by atoms with Crippen LogP contribution in [0.4, 0.5) is 5.69 Å². The van der Waals surface area contributed by atoms with Gasteiger partial charge in [-0.15, -0.1) is 0 Å². The van der Waals surface area contributed by atoms with Gasteiger partial charge in [0.1, 0.15) is 5.75 Å². The number of anilines is 1. The van der Waals surface area contributed by atoms with Crippen LogP contribution in [-0.2, 0) is 4.79 Å². The highest BCUT2D eigenvalue weighted by molar-refractivity contribution is 9.10. The molecule has 0 bridgehead atoms. The van der Waals surface area contributed by atoms with Gasteiger partial charge in [0.15, 0.2) is 0 Å². The molecule has 2 rings (SSSR count). The number of hydrogen-bond acceptors (Lipinski definition) is 2. The van der Waals surface area contributed by atoms with E-state index in [-0.39, 0.29) is 5.91 Å². The summed E-state index contributed by atoms with van der Waals surface area (Å²) < 4.78 is 6.11. The number of aryl methyl sites for hydroxylation is 1. The molecule has 0 fully saturated rings. The number of benzene rings is 2. The van der Waals surface area contributed by atoms with E-state index in [2.05, 4.69) is 21.2 Å². The minimum absolute atomic E-state index is 0.160. The molecule has 0 saturated carbocycles. The maximum absolute atomic E-state index is 11.9. The number of carbonyl (C=O) groups excluding carboxylic acids is 1. The molecule has 0 aromatic heterocycles. The van der Waals surface area contributed by atoms with Crippen molar-refractivity contribution < 1.29 is 9.53 Å². The molecule has 0 heterocycles. The Balaban J connectivity index is 1.99. The lowest BCUT2D eigenvalue weighted by atomic mass is 10.2. The molecule has 0 aliphatic heterocycles. The largest absolute Gasteiger partial charge is 0.497 e. The molecule has 0 aliphatic carbocycles. The lowest BCUT2D eigenvalue weighted by molar-refractivity contribution is -0.111. The molecule has 1 N–H and O–H groups in total. The highest BCUT2D eigenvalue weighted by Gasteiger charge is 2.00. The van der Waals surface area contributed by atoms with Gasteiger partial charge in [0.25, 0.3) is 0 Å². The topological polar surface area (TPSA) is 38.3 Å². The van der Waals surface area contributed by atoms with E-state index in [0.29, 0.717) is 0 Å². The first-order chi connectivity index (χ1) is 10.1. The number of methoxy groups -OCH3 is 1. The van der Waals surface area contributed by atoms with Gasteiger partial charge in [-0.25, -0.2) is 0 Å². The fourth-order valence-electron chi connectivity index (χ4n) is 1.79. The van der Waals surface area contributed by atoms with E-state index in [0.717, 1.165) is 27.0 Å². The number of halogens is 1. The number of amides is 1. The van der Waals surface area contributed by atoms with Crippen molar-refractivity contribution in [3.8, 4) is 5.75 Å². The zero-order valence-corrected chi connectivity index (χ0v) is 13.5. The van der Waals surface area contributed by atoms with Crippen LogP contribution in [0.5, 0.6) is 5.75 Å².